The molecule has 0 unspecified atom stereocenters. The summed E-state index contributed by atoms with van der Waals surface area (Å²) in [5.74, 6) is -0.152. The van der Waals surface area contributed by atoms with Gasteiger partial charge in [-0.3, -0.25) is 9.69 Å². The Bertz CT molecular complexity index is 659. The highest BCUT2D eigenvalue weighted by Gasteiger charge is 2.10. The summed E-state index contributed by atoms with van der Waals surface area (Å²) in [6.07, 6.45) is 0. The lowest BCUT2D eigenvalue weighted by Gasteiger charge is -2.17. The molecule has 3 nitrogen and oxygen atoms in total. The Kier molecular flexibility index (Phi) is 6.09. The first-order valence-corrected chi connectivity index (χ1v) is 7.76. The monoisotopic (exact) mass is 356 g/mol. The second kappa shape index (κ2) is 7.84. The van der Waals surface area contributed by atoms with Crippen LogP contribution in [0.4, 0.5) is 5.69 Å². The summed E-state index contributed by atoms with van der Waals surface area (Å²) in [6.45, 7) is 0.888. The van der Waals surface area contributed by atoms with Gasteiger partial charge in [-0.1, -0.05) is 53.0 Å². The average molecular weight is 358 g/mol. The van der Waals surface area contributed by atoms with Crippen LogP contribution >= 0.6 is 34.8 Å². The first-order chi connectivity index (χ1) is 10.5. The van der Waals surface area contributed by atoms with Crippen LogP contribution in [0.15, 0.2) is 42.5 Å². The molecule has 2 aromatic rings. The van der Waals surface area contributed by atoms with Crippen molar-refractivity contribution in [1.82, 2.24) is 4.90 Å². The third-order valence-corrected chi connectivity index (χ3v) is 4.08. The van der Waals surface area contributed by atoms with Gasteiger partial charge in [-0.2, -0.15) is 0 Å². The normalized spacial score (nSPS) is 10.8. The predicted molar refractivity (Wildman–Crippen MR) is 92.9 cm³/mol. The average Bonchev–Trinajstić information content (AvgIpc) is 2.46. The lowest BCUT2D eigenvalue weighted by molar-refractivity contribution is -0.117. The van der Waals surface area contributed by atoms with Crippen LogP contribution in [0.2, 0.25) is 15.1 Å². The van der Waals surface area contributed by atoms with E-state index in [0.717, 1.165) is 5.56 Å². The number of rotatable bonds is 5. The summed E-state index contributed by atoms with van der Waals surface area (Å²) >= 11 is 17.8. The summed E-state index contributed by atoms with van der Waals surface area (Å²) in [5, 5.41) is 4.21. The lowest BCUT2D eigenvalue weighted by Crippen LogP contribution is -2.29. The number of hydrogen-bond acceptors (Lipinski definition) is 2. The van der Waals surface area contributed by atoms with Crippen LogP contribution < -0.4 is 5.32 Å². The SMILES string of the molecule is CN(CC(=O)Nc1cccc(Cl)c1Cl)Cc1ccc(Cl)cc1. The number of carbonyl (C=O) groups is 1. The molecule has 0 aliphatic carbocycles. The molecule has 1 amide bonds. The largest absolute Gasteiger partial charge is 0.324 e. The summed E-state index contributed by atoms with van der Waals surface area (Å²) in [4.78, 5) is 14.0. The Morgan fingerprint density at radius 2 is 1.77 bits per heavy atom. The maximum absolute atomic E-state index is 12.1. The zero-order valence-corrected chi connectivity index (χ0v) is 14.2. The van der Waals surface area contributed by atoms with Gasteiger partial charge in [-0.15, -0.1) is 0 Å². The van der Waals surface area contributed by atoms with Crippen LogP contribution in [0.1, 0.15) is 5.56 Å². The summed E-state index contributed by atoms with van der Waals surface area (Å²) in [7, 11) is 1.87. The van der Waals surface area contributed by atoms with Crippen LogP contribution in [-0.2, 0) is 11.3 Å². The lowest BCUT2D eigenvalue weighted by atomic mass is 10.2. The van der Waals surface area contributed by atoms with Crippen LogP contribution in [0.5, 0.6) is 0 Å². The van der Waals surface area contributed by atoms with Crippen molar-refractivity contribution in [2.75, 3.05) is 18.9 Å². The van der Waals surface area contributed by atoms with E-state index in [1.807, 2.05) is 36.2 Å². The third kappa shape index (κ3) is 4.89. The highest BCUT2D eigenvalue weighted by Crippen LogP contribution is 2.29. The summed E-state index contributed by atoms with van der Waals surface area (Å²) in [5.41, 5.74) is 1.60. The van der Waals surface area contributed by atoms with Gasteiger partial charge in [0.2, 0.25) is 5.91 Å². The quantitative estimate of drug-likeness (QED) is 0.840. The third-order valence-electron chi connectivity index (χ3n) is 3.00. The van der Waals surface area contributed by atoms with Crippen LogP contribution in [0, 0.1) is 0 Å². The van der Waals surface area contributed by atoms with E-state index in [9.17, 15) is 4.79 Å². The van der Waals surface area contributed by atoms with Gasteiger partial charge < -0.3 is 5.32 Å². The molecule has 0 aliphatic heterocycles. The maximum atomic E-state index is 12.1. The van der Waals surface area contributed by atoms with E-state index in [4.69, 9.17) is 34.8 Å². The fraction of sp³-hybridized carbons (Fsp3) is 0.188. The Morgan fingerprint density at radius 3 is 2.45 bits per heavy atom. The second-order valence-corrected chi connectivity index (χ2v) is 6.17. The molecule has 6 heteroatoms. The smallest absolute Gasteiger partial charge is 0.238 e. The van der Waals surface area contributed by atoms with E-state index in [1.165, 1.54) is 0 Å². The first kappa shape index (κ1) is 17.1. The molecule has 0 fully saturated rings. The summed E-state index contributed by atoms with van der Waals surface area (Å²) in [6, 6.07) is 12.7. The minimum absolute atomic E-state index is 0.152. The number of benzene rings is 2. The molecule has 2 rings (SSSR count). The Labute approximate surface area is 144 Å². The molecule has 0 aromatic heterocycles. The molecular weight excluding hydrogens is 343 g/mol. The van der Waals surface area contributed by atoms with Crippen molar-refractivity contribution in [3.8, 4) is 0 Å². The fourth-order valence-electron chi connectivity index (χ4n) is 1.99. The topological polar surface area (TPSA) is 32.3 Å². The summed E-state index contributed by atoms with van der Waals surface area (Å²) < 4.78 is 0. The molecule has 0 radical (unpaired) electrons. The molecule has 22 heavy (non-hydrogen) atoms. The highest BCUT2D eigenvalue weighted by atomic mass is 35.5. The molecule has 0 saturated heterocycles. The minimum Gasteiger partial charge on any atom is -0.324 e. The predicted octanol–water partition coefficient (Wildman–Crippen LogP) is 4.72. The Balaban J connectivity index is 1.91. The second-order valence-electron chi connectivity index (χ2n) is 4.95. The van der Waals surface area contributed by atoms with Crippen molar-refractivity contribution in [2.24, 2.45) is 0 Å². The number of nitrogens with one attached hydrogen (secondary N) is 1. The van der Waals surface area contributed by atoms with Crippen LogP contribution in [0.25, 0.3) is 0 Å². The molecule has 1 N–H and O–H groups in total. The number of halogens is 3. The zero-order valence-electron chi connectivity index (χ0n) is 11.9. The minimum atomic E-state index is -0.152. The van der Waals surface area contributed by atoms with Gasteiger partial charge in [0, 0.05) is 11.6 Å². The van der Waals surface area contributed by atoms with Crippen LogP contribution in [0.3, 0.4) is 0 Å². The van der Waals surface area contributed by atoms with E-state index < -0.39 is 0 Å². The molecule has 0 heterocycles. The fourth-order valence-corrected chi connectivity index (χ4v) is 2.47. The van der Waals surface area contributed by atoms with Gasteiger partial charge in [0.15, 0.2) is 0 Å². The van der Waals surface area contributed by atoms with E-state index >= 15 is 0 Å². The number of anilines is 1. The number of likely N-dealkylation sites (N-methyl/N-ethyl adjacent to an activating group) is 1. The molecule has 0 aliphatic rings. The van der Waals surface area contributed by atoms with Crippen molar-refractivity contribution < 1.29 is 4.79 Å². The van der Waals surface area contributed by atoms with Gasteiger partial charge >= 0.3 is 0 Å². The molecule has 116 valence electrons. The molecule has 0 saturated carbocycles. The Morgan fingerprint density at radius 1 is 1.09 bits per heavy atom. The first-order valence-electron chi connectivity index (χ1n) is 6.62. The number of nitrogens with zero attached hydrogens (tertiary/aromatic N) is 1. The van der Waals surface area contributed by atoms with Crippen molar-refractivity contribution in [3.05, 3.63) is 63.1 Å². The highest BCUT2D eigenvalue weighted by molar-refractivity contribution is 6.44. The van der Waals surface area contributed by atoms with Crippen molar-refractivity contribution in [3.63, 3.8) is 0 Å². The Hall–Kier alpha value is -1.26. The molecule has 0 bridgehead atoms. The number of amides is 1. The van der Waals surface area contributed by atoms with E-state index in [1.54, 1.807) is 18.2 Å². The molecular formula is C16H15Cl3N2O. The van der Waals surface area contributed by atoms with E-state index in [-0.39, 0.29) is 12.5 Å². The van der Waals surface area contributed by atoms with Crippen molar-refractivity contribution in [2.45, 2.75) is 6.54 Å². The van der Waals surface area contributed by atoms with E-state index in [2.05, 4.69) is 5.32 Å². The molecule has 2 aromatic carbocycles. The molecule has 0 spiro atoms. The molecule has 0 atom stereocenters. The van der Waals surface area contributed by atoms with Crippen molar-refractivity contribution >= 4 is 46.4 Å². The van der Waals surface area contributed by atoms with E-state index in [0.29, 0.717) is 27.3 Å². The van der Waals surface area contributed by atoms with Gasteiger partial charge in [0.1, 0.15) is 0 Å². The maximum Gasteiger partial charge on any atom is 0.238 e. The van der Waals surface area contributed by atoms with Gasteiger partial charge in [0.25, 0.3) is 0 Å². The van der Waals surface area contributed by atoms with Crippen molar-refractivity contribution in [1.29, 1.82) is 0 Å². The number of carbonyl (C=O) groups excluding carboxylic acids is 1. The van der Waals surface area contributed by atoms with Gasteiger partial charge in [0.05, 0.1) is 22.3 Å². The number of hydrogen-bond donors (Lipinski definition) is 1. The van der Waals surface area contributed by atoms with Gasteiger partial charge in [-0.05, 0) is 36.9 Å². The van der Waals surface area contributed by atoms with Crippen LogP contribution in [-0.4, -0.2) is 24.4 Å². The zero-order chi connectivity index (χ0) is 16.1. The standard InChI is InChI=1S/C16H15Cl3N2O/c1-21(9-11-5-7-12(17)8-6-11)10-15(22)20-14-4-2-3-13(18)16(14)19/h2-8H,9-10H2,1H3,(H,20,22). The van der Waals surface area contributed by atoms with Gasteiger partial charge in [-0.25, -0.2) is 0 Å².